The van der Waals surface area contributed by atoms with E-state index < -0.39 is 0 Å². The van der Waals surface area contributed by atoms with E-state index in [0.717, 1.165) is 15.6 Å². The van der Waals surface area contributed by atoms with Gasteiger partial charge in [0.1, 0.15) is 0 Å². The van der Waals surface area contributed by atoms with Crippen LogP contribution in [0.5, 0.6) is 0 Å². The van der Waals surface area contributed by atoms with Gasteiger partial charge in [0.15, 0.2) is 0 Å². The van der Waals surface area contributed by atoms with Crippen LogP contribution in [-0.2, 0) is 4.79 Å². The fraction of sp³-hybridized carbons (Fsp3) is 0.222. The van der Waals surface area contributed by atoms with Gasteiger partial charge in [-0.3, -0.25) is 9.59 Å². The second-order valence-corrected chi connectivity index (χ2v) is 6.25. The van der Waals surface area contributed by atoms with Gasteiger partial charge in [0.05, 0.1) is 12.6 Å². The summed E-state index contributed by atoms with van der Waals surface area (Å²) in [6, 6.07) is 14.8. The molecule has 2 amide bonds. The molecular formula is C18H19BrN2O2. The van der Waals surface area contributed by atoms with Crippen LogP contribution in [-0.4, -0.2) is 18.4 Å². The Labute approximate surface area is 144 Å². The van der Waals surface area contributed by atoms with Gasteiger partial charge in [-0.15, -0.1) is 0 Å². The largest absolute Gasteiger partial charge is 0.348 e. The lowest BCUT2D eigenvalue weighted by Crippen LogP contribution is -2.38. The van der Waals surface area contributed by atoms with Gasteiger partial charge in [-0.2, -0.15) is 0 Å². The third-order valence-corrected chi connectivity index (χ3v) is 4.08. The molecule has 2 aromatic carbocycles. The van der Waals surface area contributed by atoms with Gasteiger partial charge in [0.2, 0.25) is 5.91 Å². The molecule has 2 N–H and O–H groups in total. The van der Waals surface area contributed by atoms with Crippen molar-refractivity contribution < 1.29 is 9.59 Å². The second kappa shape index (κ2) is 7.92. The zero-order valence-corrected chi connectivity index (χ0v) is 14.7. The van der Waals surface area contributed by atoms with Crippen molar-refractivity contribution in [1.29, 1.82) is 0 Å². The molecule has 0 aromatic heterocycles. The van der Waals surface area contributed by atoms with Crippen molar-refractivity contribution in [2.24, 2.45) is 0 Å². The van der Waals surface area contributed by atoms with E-state index in [4.69, 9.17) is 0 Å². The number of halogens is 1. The van der Waals surface area contributed by atoms with E-state index in [-0.39, 0.29) is 24.4 Å². The molecule has 0 bridgehead atoms. The number of rotatable bonds is 5. The molecule has 0 saturated heterocycles. The first kappa shape index (κ1) is 17.2. The van der Waals surface area contributed by atoms with Crippen LogP contribution >= 0.6 is 15.9 Å². The van der Waals surface area contributed by atoms with Crippen molar-refractivity contribution in [3.05, 3.63) is 69.7 Å². The molecule has 0 spiro atoms. The lowest BCUT2D eigenvalue weighted by Gasteiger charge is -2.16. The Hall–Kier alpha value is -2.14. The number of aryl methyl sites for hydroxylation is 1. The van der Waals surface area contributed by atoms with Crippen molar-refractivity contribution >= 4 is 27.7 Å². The molecule has 5 heteroatoms. The maximum absolute atomic E-state index is 12.0. The predicted octanol–water partition coefficient (Wildman–Crippen LogP) is 3.36. The molecule has 0 saturated carbocycles. The maximum Gasteiger partial charge on any atom is 0.251 e. The average Bonchev–Trinajstić information content (AvgIpc) is 2.53. The fourth-order valence-electron chi connectivity index (χ4n) is 2.31. The minimum atomic E-state index is -0.267. The first-order valence-corrected chi connectivity index (χ1v) is 8.15. The molecule has 0 aliphatic heterocycles. The number of benzene rings is 2. The van der Waals surface area contributed by atoms with E-state index in [0.29, 0.717) is 5.56 Å². The Morgan fingerprint density at radius 3 is 2.39 bits per heavy atom. The van der Waals surface area contributed by atoms with Crippen molar-refractivity contribution in [2.45, 2.75) is 19.9 Å². The SMILES string of the molecule is Cc1ccccc1C(C)NC(=O)CNC(=O)c1ccc(Br)cc1. The summed E-state index contributed by atoms with van der Waals surface area (Å²) in [5.41, 5.74) is 2.72. The molecule has 2 rings (SSSR count). The normalized spacial score (nSPS) is 11.6. The van der Waals surface area contributed by atoms with Gasteiger partial charge in [0.25, 0.3) is 5.91 Å². The molecule has 4 nitrogen and oxygen atoms in total. The standard InChI is InChI=1S/C18H19BrN2O2/c1-12-5-3-4-6-16(12)13(2)21-17(22)11-20-18(23)14-7-9-15(19)10-8-14/h3-10,13H,11H2,1-2H3,(H,20,23)(H,21,22). The number of nitrogens with one attached hydrogen (secondary N) is 2. The van der Waals surface area contributed by atoms with Crippen molar-refractivity contribution in [3.63, 3.8) is 0 Å². The van der Waals surface area contributed by atoms with Crippen LogP contribution in [0.3, 0.4) is 0 Å². The average molecular weight is 375 g/mol. The van der Waals surface area contributed by atoms with Gasteiger partial charge in [-0.1, -0.05) is 40.2 Å². The highest BCUT2D eigenvalue weighted by Crippen LogP contribution is 2.16. The topological polar surface area (TPSA) is 58.2 Å². The van der Waals surface area contributed by atoms with E-state index in [2.05, 4.69) is 26.6 Å². The zero-order chi connectivity index (χ0) is 16.8. The first-order chi connectivity index (χ1) is 11.0. The summed E-state index contributed by atoms with van der Waals surface area (Å²) in [5.74, 6) is -0.484. The van der Waals surface area contributed by atoms with E-state index in [9.17, 15) is 9.59 Å². The summed E-state index contributed by atoms with van der Waals surface area (Å²) >= 11 is 3.32. The highest BCUT2D eigenvalue weighted by molar-refractivity contribution is 9.10. The number of amides is 2. The minimum Gasteiger partial charge on any atom is -0.348 e. The number of carbonyl (C=O) groups is 2. The third-order valence-electron chi connectivity index (χ3n) is 3.55. The number of hydrogen-bond donors (Lipinski definition) is 2. The van der Waals surface area contributed by atoms with Crippen molar-refractivity contribution in [1.82, 2.24) is 10.6 Å². The molecule has 120 valence electrons. The smallest absolute Gasteiger partial charge is 0.251 e. The Morgan fingerprint density at radius 1 is 1.09 bits per heavy atom. The Bertz CT molecular complexity index is 698. The van der Waals surface area contributed by atoms with Crippen LogP contribution in [0.15, 0.2) is 53.0 Å². The number of hydrogen-bond acceptors (Lipinski definition) is 2. The first-order valence-electron chi connectivity index (χ1n) is 7.36. The van der Waals surface area contributed by atoms with Gasteiger partial charge in [-0.25, -0.2) is 0 Å². The van der Waals surface area contributed by atoms with Gasteiger partial charge in [0, 0.05) is 10.0 Å². The van der Waals surface area contributed by atoms with E-state index in [1.54, 1.807) is 24.3 Å². The molecule has 0 radical (unpaired) electrons. The molecule has 0 fully saturated rings. The third kappa shape index (κ3) is 4.93. The summed E-state index contributed by atoms with van der Waals surface area (Å²) in [6.07, 6.45) is 0. The Morgan fingerprint density at radius 2 is 1.74 bits per heavy atom. The lowest BCUT2D eigenvalue weighted by molar-refractivity contribution is -0.120. The summed E-state index contributed by atoms with van der Waals surface area (Å²) in [6.45, 7) is 3.88. The van der Waals surface area contributed by atoms with Crippen molar-refractivity contribution in [3.8, 4) is 0 Å². The maximum atomic E-state index is 12.0. The summed E-state index contributed by atoms with van der Waals surface area (Å²) in [5, 5.41) is 5.52. The summed E-state index contributed by atoms with van der Waals surface area (Å²) in [7, 11) is 0. The van der Waals surface area contributed by atoms with E-state index in [1.807, 2.05) is 38.1 Å². The highest BCUT2D eigenvalue weighted by Gasteiger charge is 2.12. The molecule has 0 aliphatic carbocycles. The molecule has 1 unspecified atom stereocenters. The minimum absolute atomic E-state index is 0.0505. The number of carbonyl (C=O) groups excluding carboxylic acids is 2. The molecule has 0 aliphatic rings. The summed E-state index contributed by atoms with van der Waals surface area (Å²) in [4.78, 5) is 24.0. The highest BCUT2D eigenvalue weighted by atomic mass is 79.9. The quantitative estimate of drug-likeness (QED) is 0.842. The van der Waals surface area contributed by atoms with Crippen molar-refractivity contribution in [2.75, 3.05) is 6.54 Å². The van der Waals surface area contributed by atoms with E-state index in [1.165, 1.54) is 0 Å². The molecule has 0 heterocycles. The lowest BCUT2D eigenvalue weighted by atomic mass is 10.0. The van der Waals surface area contributed by atoms with Crippen LogP contribution < -0.4 is 10.6 Å². The summed E-state index contributed by atoms with van der Waals surface area (Å²) < 4.78 is 0.902. The Balaban J connectivity index is 1.86. The monoisotopic (exact) mass is 374 g/mol. The van der Waals surface area contributed by atoms with E-state index >= 15 is 0 Å². The molecule has 2 aromatic rings. The van der Waals surface area contributed by atoms with Gasteiger partial charge in [-0.05, 0) is 49.2 Å². The molecule has 23 heavy (non-hydrogen) atoms. The van der Waals surface area contributed by atoms with Gasteiger partial charge >= 0.3 is 0 Å². The molecule has 1 atom stereocenters. The molecular weight excluding hydrogens is 356 g/mol. The zero-order valence-electron chi connectivity index (χ0n) is 13.1. The van der Waals surface area contributed by atoms with Crippen LogP contribution in [0.2, 0.25) is 0 Å². The fourth-order valence-corrected chi connectivity index (χ4v) is 2.57. The van der Waals surface area contributed by atoms with Crippen LogP contribution in [0.1, 0.15) is 34.5 Å². The van der Waals surface area contributed by atoms with Crippen LogP contribution in [0.25, 0.3) is 0 Å². The van der Waals surface area contributed by atoms with Gasteiger partial charge < -0.3 is 10.6 Å². The van der Waals surface area contributed by atoms with Crippen LogP contribution in [0.4, 0.5) is 0 Å². The van der Waals surface area contributed by atoms with Crippen LogP contribution in [0, 0.1) is 6.92 Å². The predicted molar refractivity (Wildman–Crippen MR) is 94.2 cm³/mol. The second-order valence-electron chi connectivity index (χ2n) is 5.34. The Kier molecular flexibility index (Phi) is 5.93.